The molecule has 0 bridgehead atoms. The highest BCUT2D eigenvalue weighted by atomic mass is 79.9. The van der Waals surface area contributed by atoms with Gasteiger partial charge in [-0.1, -0.05) is 29.8 Å². The van der Waals surface area contributed by atoms with E-state index in [1.165, 1.54) is 14.9 Å². The maximum atomic E-state index is 6.30. The van der Waals surface area contributed by atoms with Crippen LogP contribution < -0.4 is 5.32 Å². The van der Waals surface area contributed by atoms with Crippen LogP contribution in [0, 0.1) is 0 Å². The summed E-state index contributed by atoms with van der Waals surface area (Å²) in [6.07, 6.45) is 1.00. The first-order chi connectivity index (χ1) is 8.72. The predicted octanol–water partition coefficient (Wildman–Crippen LogP) is 4.71. The summed E-state index contributed by atoms with van der Waals surface area (Å²) in [7, 11) is 1.98. The molecule has 1 unspecified atom stereocenters. The standard InChI is InChI=1S/C14H15BrClNS/c1-17-9-10(8-14-12(15)6-7-18-14)11-4-2-3-5-13(11)16/h2-7,10,17H,8-9H2,1H3. The second-order valence-corrected chi connectivity index (χ2v) is 6.43. The van der Waals surface area contributed by atoms with E-state index in [1.807, 2.05) is 25.2 Å². The number of thiophene rings is 1. The van der Waals surface area contributed by atoms with Crippen LogP contribution in [0.4, 0.5) is 0 Å². The van der Waals surface area contributed by atoms with Gasteiger partial charge in [-0.05, 0) is 52.5 Å². The maximum absolute atomic E-state index is 6.30. The third-order valence-electron chi connectivity index (χ3n) is 2.92. The first-order valence-corrected chi connectivity index (χ1v) is 7.88. The second kappa shape index (κ2) is 6.71. The van der Waals surface area contributed by atoms with E-state index >= 15 is 0 Å². The number of likely N-dealkylation sites (N-methyl/N-ethyl adjacent to an activating group) is 1. The SMILES string of the molecule is CNCC(Cc1sccc1Br)c1ccccc1Cl. The van der Waals surface area contributed by atoms with E-state index < -0.39 is 0 Å². The number of benzene rings is 1. The minimum absolute atomic E-state index is 0.402. The molecule has 1 aromatic heterocycles. The summed E-state index contributed by atoms with van der Waals surface area (Å²) in [5, 5.41) is 6.22. The Kier molecular flexibility index (Phi) is 5.25. The molecule has 4 heteroatoms. The van der Waals surface area contributed by atoms with Crippen molar-refractivity contribution in [3.63, 3.8) is 0 Å². The van der Waals surface area contributed by atoms with E-state index in [-0.39, 0.29) is 0 Å². The monoisotopic (exact) mass is 343 g/mol. The summed E-state index contributed by atoms with van der Waals surface area (Å²) in [5.74, 6) is 0.402. The molecular formula is C14H15BrClNS. The molecular weight excluding hydrogens is 330 g/mol. The highest BCUT2D eigenvalue weighted by Crippen LogP contribution is 2.31. The quantitative estimate of drug-likeness (QED) is 0.828. The Bertz CT molecular complexity index is 512. The molecule has 1 N–H and O–H groups in total. The first-order valence-electron chi connectivity index (χ1n) is 5.83. The van der Waals surface area contributed by atoms with Crippen LogP contribution in [0.5, 0.6) is 0 Å². The van der Waals surface area contributed by atoms with Crippen LogP contribution in [0.3, 0.4) is 0 Å². The lowest BCUT2D eigenvalue weighted by molar-refractivity contribution is 0.629. The van der Waals surface area contributed by atoms with Crippen molar-refractivity contribution in [1.29, 1.82) is 0 Å². The molecule has 0 saturated carbocycles. The fourth-order valence-corrected chi connectivity index (χ4v) is 3.93. The molecule has 1 aromatic carbocycles. The van der Waals surface area contributed by atoms with Crippen molar-refractivity contribution >= 4 is 38.9 Å². The molecule has 0 radical (unpaired) electrons. The van der Waals surface area contributed by atoms with Gasteiger partial charge in [0, 0.05) is 26.8 Å². The van der Waals surface area contributed by atoms with Crippen LogP contribution in [0.2, 0.25) is 5.02 Å². The van der Waals surface area contributed by atoms with Gasteiger partial charge in [-0.25, -0.2) is 0 Å². The molecule has 0 fully saturated rings. The maximum Gasteiger partial charge on any atom is 0.0441 e. The van der Waals surface area contributed by atoms with E-state index in [4.69, 9.17) is 11.6 Å². The molecule has 96 valence electrons. The van der Waals surface area contributed by atoms with Crippen LogP contribution in [0.15, 0.2) is 40.2 Å². The van der Waals surface area contributed by atoms with Gasteiger partial charge in [0.15, 0.2) is 0 Å². The van der Waals surface area contributed by atoms with Crippen molar-refractivity contribution in [2.45, 2.75) is 12.3 Å². The summed E-state index contributed by atoms with van der Waals surface area (Å²) in [6.45, 7) is 0.925. The van der Waals surface area contributed by atoms with Crippen molar-refractivity contribution in [2.75, 3.05) is 13.6 Å². The highest BCUT2D eigenvalue weighted by molar-refractivity contribution is 9.10. The Morgan fingerprint density at radius 3 is 2.72 bits per heavy atom. The topological polar surface area (TPSA) is 12.0 Å². The summed E-state index contributed by atoms with van der Waals surface area (Å²) in [4.78, 5) is 1.37. The highest BCUT2D eigenvalue weighted by Gasteiger charge is 2.16. The third kappa shape index (κ3) is 3.35. The molecule has 0 aliphatic carbocycles. The molecule has 18 heavy (non-hydrogen) atoms. The Hall–Kier alpha value is -0.350. The molecule has 0 aliphatic heterocycles. The number of halogens is 2. The first kappa shape index (κ1) is 14.1. The van der Waals surface area contributed by atoms with E-state index in [0.717, 1.165) is 18.0 Å². The Labute approximate surface area is 125 Å². The van der Waals surface area contributed by atoms with Gasteiger partial charge >= 0.3 is 0 Å². The van der Waals surface area contributed by atoms with Crippen molar-refractivity contribution in [3.05, 3.63) is 55.6 Å². The predicted molar refractivity (Wildman–Crippen MR) is 83.8 cm³/mol. The number of rotatable bonds is 5. The zero-order valence-electron chi connectivity index (χ0n) is 10.1. The van der Waals surface area contributed by atoms with E-state index in [0.29, 0.717) is 5.92 Å². The molecule has 0 spiro atoms. The molecule has 1 nitrogen and oxygen atoms in total. The molecule has 2 rings (SSSR count). The van der Waals surface area contributed by atoms with Gasteiger partial charge in [-0.2, -0.15) is 0 Å². The Morgan fingerprint density at radius 2 is 2.11 bits per heavy atom. The Morgan fingerprint density at radius 1 is 1.33 bits per heavy atom. The largest absolute Gasteiger partial charge is 0.319 e. The molecule has 1 heterocycles. The summed E-state index contributed by atoms with van der Waals surface area (Å²) < 4.78 is 1.20. The molecule has 0 amide bonds. The van der Waals surface area contributed by atoms with Gasteiger partial charge in [0.1, 0.15) is 0 Å². The van der Waals surface area contributed by atoms with Gasteiger partial charge < -0.3 is 5.32 Å². The van der Waals surface area contributed by atoms with Gasteiger partial charge in [-0.3, -0.25) is 0 Å². The minimum Gasteiger partial charge on any atom is -0.319 e. The normalized spacial score (nSPS) is 12.6. The van der Waals surface area contributed by atoms with Crippen LogP contribution in [0.1, 0.15) is 16.4 Å². The van der Waals surface area contributed by atoms with Crippen LogP contribution in [-0.4, -0.2) is 13.6 Å². The van der Waals surface area contributed by atoms with E-state index in [1.54, 1.807) is 11.3 Å². The van der Waals surface area contributed by atoms with Crippen LogP contribution in [-0.2, 0) is 6.42 Å². The van der Waals surface area contributed by atoms with Gasteiger partial charge in [0.25, 0.3) is 0 Å². The zero-order valence-corrected chi connectivity index (χ0v) is 13.3. The van der Waals surface area contributed by atoms with Crippen LogP contribution >= 0.6 is 38.9 Å². The fraction of sp³-hybridized carbons (Fsp3) is 0.286. The molecule has 2 aromatic rings. The van der Waals surface area contributed by atoms with E-state index in [9.17, 15) is 0 Å². The average Bonchev–Trinajstić information content (AvgIpc) is 2.75. The van der Waals surface area contributed by atoms with Crippen molar-refractivity contribution in [3.8, 4) is 0 Å². The lowest BCUT2D eigenvalue weighted by Crippen LogP contribution is -2.19. The zero-order chi connectivity index (χ0) is 13.0. The number of hydrogen-bond acceptors (Lipinski definition) is 2. The van der Waals surface area contributed by atoms with Crippen molar-refractivity contribution in [1.82, 2.24) is 5.32 Å². The smallest absolute Gasteiger partial charge is 0.0441 e. The summed E-state index contributed by atoms with van der Waals surface area (Å²) in [5.41, 5.74) is 1.22. The summed E-state index contributed by atoms with van der Waals surface area (Å²) in [6, 6.07) is 10.2. The summed E-state index contributed by atoms with van der Waals surface area (Å²) >= 11 is 11.7. The Balaban J connectivity index is 2.24. The molecule has 0 saturated heterocycles. The number of nitrogens with one attached hydrogen (secondary N) is 1. The lowest BCUT2D eigenvalue weighted by atomic mass is 9.95. The van der Waals surface area contributed by atoms with Gasteiger partial charge in [0.05, 0.1) is 0 Å². The van der Waals surface area contributed by atoms with Crippen LogP contribution in [0.25, 0.3) is 0 Å². The molecule has 1 atom stereocenters. The van der Waals surface area contributed by atoms with Crippen molar-refractivity contribution in [2.24, 2.45) is 0 Å². The molecule has 0 aliphatic rings. The van der Waals surface area contributed by atoms with Crippen molar-refractivity contribution < 1.29 is 0 Å². The van der Waals surface area contributed by atoms with Gasteiger partial charge in [0.2, 0.25) is 0 Å². The lowest BCUT2D eigenvalue weighted by Gasteiger charge is -2.18. The number of hydrogen-bond donors (Lipinski definition) is 1. The minimum atomic E-state index is 0.402. The van der Waals surface area contributed by atoms with Gasteiger partial charge in [-0.15, -0.1) is 11.3 Å². The second-order valence-electron chi connectivity index (χ2n) is 4.17. The fourth-order valence-electron chi connectivity index (χ4n) is 2.04. The van der Waals surface area contributed by atoms with E-state index in [2.05, 4.69) is 38.8 Å². The third-order valence-corrected chi connectivity index (χ3v) is 5.21. The average molecular weight is 345 g/mol.